The van der Waals surface area contributed by atoms with Gasteiger partial charge in [0.2, 0.25) is 23.5 Å². The van der Waals surface area contributed by atoms with Crippen LogP contribution in [0.15, 0.2) is 315 Å². The van der Waals surface area contributed by atoms with E-state index in [4.69, 9.17) is 93.4 Å². The summed E-state index contributed by atoms with van der Waals surface area (Å²) in [7, 11) is 8.41. The van der Waals surface area contributed by atoms with Gasteiger partial charge in [0.25, 0.3) is 0 Å². The number of primary amides is 3. The molecule has 0 aromatic heterocycles. The Morgan fingerprint density at radius 3 is 1.01 bits per heavy atom. The number of allylic oxidation sites excluding steroid dienone is 2. The third kappa shape index (κ3) is 62.6. The van der Waals surface area contributed by atoms with Crippen molar-refractivity contribution in [1.29, 1.82) is 0 Å². The standard InChI is InChI=1S/C22H25NO4.C15H22N2O6.C14H15N.C11H15BO3.C11H12O.C10H14O2.C10H12O2.C9H12O2.C7H9N.C4H5NO4.4CH4/c1-27-19-12-10-17(11-13-19)7-5-6-14-22(21(25)26,16-20(23)24)15-18-8-3-2-4-9-18;1-23-10-5-2-9(3-6-10)4-7-11(18)13(20)15(17,14(21)22)8-12(16)19;1-3-7-13(8-4-1)11-15-12-14-9-5-2-6-10-14;1-15-11-7-5-10(6-8-11)4-2-3-9-12(13)14;1-3-4-5-10-6-8-11(12-2)9-7-10;2*1-12-10-6-4-9(5-7-10)3-2-8-11;10-7-1-2-8-3-5-9(11)6-4-8;8-6-7-4-2-1-3-5-7;5-3(7)1-2(6)4(8)9;;;;/h2-4,6,8-14H,5,7,15-16H2,1H3,(H2,23,24)(H,25,26);2-3,5-6,11,13,18,20H,4,7-8,17H2,1H3,(H2,16,19)(H,21,22);1-10,15H,11-12H2;3,5-9,13-14H,2,4H2,1H3;1,6-9H,4-5H2,2H3;4-7,11H,2-3,8H2,1H3;4-8H,2-3H2,1H3;3-6,10-11H,1-2,7H2;1-5H,6,8H2;1H2,(H2,5,7)(H,8,9);4*1H4/b14-6+;;;9-3+;;;;;;;;;;/t;11-,13+,15?;;;;;;;;;;;;/m.0............/s1. The van der Waals surface area contributed by atoms with Crippen LogP contribution >= 0.6 is 0 Å². The molecule has 148 heavy (non-hydrogen) atoms. The van der Waals surface area contributed by atoms with Gasteiger partial charge in [-0.2, -0.15) is 0 Å². The fourth-order valence-electron chi connectivity index (χ4n) is 12.9. The number of phenolic OH excluding ortho intramolecular Hbond substituents is 1. The molecular formula is C117H157BN6O24. The van der Waals surface area contributed by atoms with E-state index >= 15 is 0 Å². The van der Waals surface area contributed by atoms with Crippen molar-refractivity contribution >= 4 is 54.8 Å². The Labute approximate surface area is 874 Å². The molecule has 11 rings (SSSR count). The number of aliphatic carboxylic acids is 3. The molecule has 0 saturated heterocycles. The van der Waals surface area contributed by atoms with Gasteiger partial charge in [-0.3, -0.25) is 28.8 Å². The van der Waals surface area contributed by atoms with Crippen LogP contribution in [-0.4, -0.2) is 179 Å². The molecule has 11 aromatic rings. The van der Waals surface area contributed by atoms with Crippen molar-refractivity contribution in [2.24, 2.45) is 34.1 Å². The van der Waals surface area contributed by atoms with E-state index in [0.717, 1.165) is 135 Å². The van der Waals surface area contributed by atoms with Gasteiger partial charge in [-0.1, -0.05) is 260 Å². The number of nitrogens with one attached hydrogen (secondary N) is 1. The maximum absolute atomic E-state index is 12.0. The van der Waals surface area contributed by atoms with Gasteiger partial charge in [0.05, 0.1) is 67.0 Å². The monoisotopic (exact) mass is 2040 g/mol. The number of aromatic hydroxyl groups is 1. The Balaban J connectivity index is -0.00000161. The van der Waals surface area contributed by atoms with Crippen LogP contribution in [0.2, 0.25) is 0 Å². The highest BCUT2D eigenvalue weighted by atomic mass is 16.5. The number of ketones is 1. The molecule has 0 saturated carbocycles. The van der Waals surface area contributed by atoms with Crippen molar-refractivity contribution in [2.45, 2.75) is 183 Å². The number of carbonyl (C=O) groups excluding carboxylic acids is 5. The van der Waals surface area contributed by atoms with Crippen molar-refractivity contribution in [1.82, 2.24) is 5.32 Å². The first-order chi connectivity index (χ1) is 69.2. The number of phenols is 1. The van der Waals surface area contributed by atoms with Crippen molar-refractivity contribution in [2.75, 3.05) is 55.9 Å². The van der Waals surface area contributed by atoms with Gasteiger partial charge in [0.15, 0.2) is 5.54 Å². The number of carboxylic acids is 3. The molecule has 0 aliphatic heterocycles. The van der Waals surface area contributed by atoms with Crippen LogP contribution in [0.3, 0.4) is 0 Å². The fourth-order valence-corrected chi connectivity index (χ4v) is 12.9. The normalized spacial score (nSPS) is 11.1. The SMILES string of the molecule is C.C.C.C.C#CCCc1ccc(OC)cc1.COc1ccc(CC/C=C/B(O)O)cc1.COc1ccc(CC/C=C/C(CC(N)=O)(Cc2ccccc2)C(=O)O)cc1.COc1ccc(CCC=O)cc1.COc1ccc(CCCO)cc1.COc1ccc(CC[C@H](O)[C@@H](O)C(N)(CC(N)=O)C(=O)O)cc1.NC(=O)CC(=O)C(=O)O.NCc1ccccc1.OCCCc1ccc(O)cc1.c1ccc(CNCc2ccccc2)cc1. The summed E-state index contributed by atoms with van der Waals surface area (Å²) in [5.74, 6) is 1.21. The second kappa shape index (κ2) is 83.1. The first-order valence-corrected chi connectivity index (χ1v) is 46.4. The Bertz CT molecular complexity index is 5400. The largest absolute Gasteiger partial charge is 0.508 e. The molecule has 21 N–H and O–H groups in total. The number of carbonyl (C=O) groups is 8. The summed E-state index contributed by atoms with van der Waals surface area (Å²) in [4.78, 5) is 85.4. The molecule has 0 bridgehead atoms. The molecule has 0 spiro atoms. The Morgan fingerprint density at radius 2 is 0.730 bits per heavy atom. The van der Waals surface area contributed by atoms with Crippen LogP contribution in [0.4, 0.5) is 0 Å². The highest BCUT2D eigenvalue weighted by molar-refractivity contribution is 6.47. The van der Waals surface area contributed by atoms with Gasteiger partial charge < -0.3 is 118 Å². The molecule has 0 aliphatic rings. The van der Waals surface area contributed by atoms with E-state index < -0.39 is 84.5 Å². The predicted octanol–water partition coefficient (Wildman–Crippen LogP) is 15.8. The van der Waals surface area contributed by atoms with Crippen LogP contribution < -0.4 is 62.4 Å². The number of aliphatic hydroxyl groups is 4. The van der Waals surface area contributed by atoms with Crippen LogP contribution in [0.5, 0.6) is 40.2 Å². The molecule has 30 nitrogen and oxygen atoms in total. The molecular weight excluding hydrogens is 1880 g/mol. The second-order valence-electron chi connectivity index (χ2n) is 32.1. The summed E-state index contributed by atoms with van der Waals surface area (Å²) in [5.41, 5.74) is 34.8. The molecule has 4 atom stereocenters. The number of amides is 3. The van der Waals surface area contributed by atoms with Crippen LogP contribution in [0, 0.1) is 17.8 Å². The van der Waals surface area contributed by atoms with E-state index in [-0.39, 0.29) is 67.9 Å². The Kier molecular flexibility index (Phi) is 77.0. The number of methoxy groups -OCH3 is 6. The summed E-state index contributed by atoms with van der Waals surface area (Å²) in [6, 6.07) is 93.5. The van der Waals surface area contributed by atoms with Crippen molar-refractivity contribution in [3.05, 3.63) is 377 Å². The Morgan fingerprint density at radius 1 is 0.412 bits per heavy atom. The van der Waals surface area contributed by atoms with Crippen LogP contribution in [0.1, 0.15) is 155 Å². The lowest BCUT2D eigenvalue weighted by molar-refractivity contribution is -0.155. The minimum atomic E-state index is -2.33. The molecule has 0 aliphatic carbocycles. The van der Waals surface area contributed by atoms with Gasteiger partial charge in [-0.25, -0.2) is 4.79 Å². The maximum Gasteiger partial charge on any atom is 0.480 e. The lowest BCUT2D eigenvalue weighted by Gasteiger charge is -2.32. The number of aryl methyl sites for hydroxylation is 7. The number of nitrogens with two attached hydrogens (primary N) is 5. The second-order valence-corrected chi connectivity index (χ2v) is 32.1. The maximum atomic E-state index is 12.0. The average Bonchev–Trinajstić information content (AvgIpc) is 0.820. The van der Waals surface area contributed by atoms with Crippen molar-refractivity contribution in [3.8, 4) is 52.6 Å². The molecule has 0 radical (unpaired) electrons. The number of benzene rings is 11. The molecule has 2 unspecified atom stereocenters. The van der Waals surface area contributed by atoms with E-state index in [2.05, 4.69) is 65.5 Å². The lowest BCUT2D eigenvalue weighted by Crippen LogP contribution is -2.62. The van der Waals surface area contributed by atoms with Crippen molar-refractivity contribution in [3.63, 3.8) is 0 Å². The number of hydrogen-bond acceptors (Lipinski definition) is 24. The zero-order valence-corrected chi connectivity index (χ0v) is 82.7. The van der Waals surface area contributed by atoms with Gasteiger partial charge >= 0.3 is 25.0 Å². The van der Waals surface area contributed by atoms with Gasteiger partial charge in [-0.15, -0.1) is 12.3 Å². The topological polar surface area (TPSA) is 536 Å². The minimum Gasteiger partial charge on any atom is -0.508 e. The number of carboxylic acid groups (broad SMARTS) is 3. The predicted molar refractivity (Wildman–Crippen MR) is 587 cm³/mol. The molecule has 3 amide bonds. The van der Waals surface area contributed by atoms with E-state index in [9.17, 15) is 53.7 Å². The molecule has 0 heterocycles. The number of aliphatic hydroxyl groups excluding tert-OH is 4. The van der Waals surface area contributed by atoms with Gasteiger partial charge in [0, 0.05) is 52.1 Å². The molecule has 802 valence electrons. The quantitative estimate of drug-likeness (QED) is 0.00421. The van der Waals surface area contributed by atoms with Crippen LogP contribution in [0.25, 0.3) is 0 Å². The number of ether oxygens (including phenoxy) is 6. The molecule has 31 heteroatoms. The van der Waals surface area contributed by atoms with E-state index in [1.165, 1.54) is 44.9 Å². The molecule has 11 aromatic carbocycles. The number of rotatable bonds is 46. The smallest absolute Gasteiger partial charge is 0.480 e. The summed E-state index contributed by atoms with van der Waals surface area (Å²) in [5, 5.41) is 93.5. The minimum absolute atomic E-state index is 0. The summed E-state index contributed by atoms with van der Waals surface area (Å²) in [6.45, 7) is 2.97. The summed E-state index contributed by atoms with van der Waals surface area (Å²) >= 11 is 0. The van der Waals surface area contributed by atoms with Gasteiger partial charge in [0.1, 0.15) is 52.6 Å². The van der Waals surface area contributed by atoms with Crippen LogP contribution in [-0.2, 0) is 109 Å². The zero-order chi connectivity index (χ0) is 107. The molecule has 0 fully saturated rings. The average molecular weight is 2040 g/mol. The zero-order valence-electron chi connectivity index (χ0n) is 82.7. The number of hydrogen-bond donors (Lipinski definition) is 16. The number of Topliss-reactive ketones (excluding diaryl/α,β-unsaturated/α-hetero) is 1. The highest BCUT2D eigenvalue weighted by Gasteiger charge is 2.46. The number of terminal acetylenes is 1. The Hall–Kier alpha value is -15.1. The van der Waals surface area contributed by atoms with E-state index in [1.54, 1.807) is 91.2 Å². The van der Waals surface area contributed by atoms with Gasteiger partial charge in [-0.05, 0) is 230 Å². The first-order valence-electron chi connectivity index (χ1n) is 46.4. The summed E-state index contributed by atoms with van der Waals surface area (Å²) in [6.07, 6.45) is 16.6. The highest BCUT2D eigenvalue weighted by Crippen LogP contribution is 2.31. The number of aldehydes is 1. The van der Waals surface area contributed by atoms with E-state index in [1.807, 2.05) is 212 Å². The third-order valence-corrected chi connectivity index (χ3v) is 21.0. The fraction of sp³-hybridized carbons (Fsp3) is 0.316. The van der Waals surface area contributed by atoms with Crippen molar-refractivity contribution < 1.29 is 118 Å². The lowest BCUT2D eigenvalue weighted by atomic mass is 9.78. The van der Waals surface area contributed by atoms with E-state index in [0.29, 0.717) is 31.6 Å². The third-order valence-electron chi connectivity index (χ3n) is 21.0. The first kappa shape index (κ1) is 137. The summed E-state index contributed by atoms with van der Waals surface area (Å²) < 4.78 is 30.3.